The molecule has 0 N–H and O–H groups in total. The molecule has 0 spiro atoms. The van der Waals surface area contributed by atoms with E-state index in [-0.39, 0.29) is 5.82 Å². The Hall–Kier alpha value is -0.0600. The van der Waals surface area contributed by atoms with E-state index in [0.717, 1.165) is 15.7 Å². The van der Waals surface area contributed by atoms with Gasteiger partial charge < -0.3 is 0 Å². The Bertz CT molecular complexity index is 362. The fourth-order valence-corrected chi connectivity index (χ4v) is 5.58. The van der Waals surface area contributed by atoms with Gasteiger partial charge in [-0.1, -0.05) is 12.1 Å². The van der Waals surface area contributed by atoms with Crippen LogP contribution in [0.2, 0.25) is 0 Å². The lowest BCUT2D eigenvalue weighted by Crippen LogP contribution is -1.89. The van der Waals surface area contributed by atoms with Gasteiger partial charge in [-0.3, -0.25) is 0 Å². The van der Waals surface area contributed by atoms with Crippen LogP contribution in [-0.4, -0.2) is 10.2 Å². The zero-order valence-corrected chi connectivity index (χ0v) is 10.8. The second-order valence-corrected chi connectivity index (χ2v) is 7.09. The molecule has 1 aromatic rings. The van der Waals surface area contributed by atoms with Crippen molar-refractivity contribution >= 4 is 40.9 Å². The average Bonchev–Trinajstić information content (AvgIpc) is 2.30. The van der Waals surface area contributed by atoms with Gasteiger partial charge in [-0.05, 0) is 30.2 Å². The van der Waals surface area contributed by atoms with Gasteiger partial charge in [-0.25, -0.2) is 4.39 Å². The Morgan fingerprint density at radius 2 is 1.73 bits per heavy atom. The Morgan fingerprint density at radius 1 is 1.13 bits per heavy atom. The largest absolute Gasteiger partial charge is 0.207 e. The summed E-state index contributed by atoms with van der Waals surface area (Å²) in [6.07, 6.45) is 0. The third-order valence-electron chi connectivity index (χ3n) is 2.13. The second-order valence-electron chi connectivity index (χ2n) is 3.15. The van der Waals surface area contributed by atoms with Crippen molar-refractivity contribution in [2.45, 2.75) is 6.92 Å². The van der Waals surface area contributed by atoms with Crippen LogP contribution in [0.5, 0.6) is 0 Å². The molecular weight excluding hydrogens is 247 g/mol. The van der Waals surface area contributed by atoms with Gasteiger partial charge >= 0.3 is 0 Å². The molecule has 80 valence electrons. The van der Waals surface area contributed by atoms with E-state index >= 15 is 0 Å². The van der Waals surface area contributed by atoms with E-state index in [4.69, 9.17) is 0 Å². The highest BCUT2D eigenvalue weighted by Gasteiger charge is 2.11. The Kier molecular flexibility index (Phi) is 4.05. The first-order valence-electron chi connectivity index (χ1n) is 4.57. The lowest BCUT2D eigenvalue weighted by molar-refractivity contribution is 0.627. The Labute approximate surface area is 102 Å². The summed E-state index contributed by atoms with van der Waals surface area (Å²) in [6.45, 7) is 2.11. The predicted octanol–water partition coefficient (Wildman–Crippen LogP) is 4.64. The molecule has 1 heterocycles. The third kappa shape index (κ3) is 2.95. The van der Waals surface area contributed by atoms with E-state index in [0.29, 0.717) is 0 Å². The van der Waals surface area contributed by atoms with E-state index < -0.39 is 0 Å². The summed E-state index contributed by atoms with van der Waals surface area (Å²) < 4.78 is 14.1. The first-order valence-corrected chi connectivity index (χ1v) is 7.70. The monoisotopic (exact) mass is 258 g/mol. The van der Waals surface area contributed by atoms with Crippen LogP contribution in [-0.2, 0) is 0 Å². The molecule has 4 heteroatoms. The number of hydrogen-bond donors (Lipinski definition) is 0. The van der Waals surface area contributed by atoms with Crippen LogP contribution in [0.25, 0.3) is 5.57 Å². The lowest BCUT2D eigenvalue weighted by Gasteiger charge is -2.15. The number of halogens is 1. The molecule has 1 aliphatic heterocycles. The molecule has 0 aromatic heterocycles. The maximum atomic E-state index is 12.8. The van der Waals surface area contributed by atoms with Gasteiger partial charge in [0.2, 0.25) is 0 Å². The molecule has 15 heavy (non-hydrogen) atoms. The van der Waals surface area contributed by atoms with Crippen LogP contribution in [0, 0.1) is 5.82 Å². The van der Waals surface area contributed by atoms with Crippen LogP contribution in [0.15, 0.2) is 28.5 Å². The number of thioether (sulfide) groups is 3. The van der Waals surface area contributed by atoms with Crippen LogP contribution >= 0.6 is 35.3 Å². The minimum Gasteiger partial charge on any atom is -0.207 e. The Morgan fingerprint density at radius 3 is 2.33 bits per heavy atom. The molecule has 1 aromatic carbocycles. The zero-order chi connectivity index (χ0) is 10.7. The van der Waals surface area contributed by atoms with Crippen LogP contribution < -0.4 is 0 Å². The highest BCUT2D eigenvalue weighted by Crippen LogP contribution is 2.43. The van der Waals surface area contributed by atoms with Crippen molar-refractivity contribution < 1.29 is 4.39 Å². The molecule has 0 unspecified atom stereocenters. The molecular formula is C11H11FS3. The molecule has 0 atom stereocenters. The quantitative estimate of drug-likeness (QED) is 0.720. The number of allylic oxidation sites excluding steroid dienone is 1. The van der Waals surface area contributed by atoms with E-state index in [1.807, 2.05) is 47.4 Å². The molecule has 0 nitrogen and oxygen atoms in total. The topological polar surface area (TPSA) is 0 Å². The summed E-state index contributed by atoms with van der Waals surface area (Å²) in [5, 5.41) is 2.25. The van der Waals surface area contributed by atoms with Gasteiger partial charge in [-0.15, -0.1) is 35.3 Å². The summed E-state index contributed by atoms with van der Waals surface area (Å²) >= 11 is 5.71. The Balaban J connectivity index is 2.25. The fraction of sp³-hybridized carbons (Fsp3) is 0.273. The van der Waals surface area contributed by atoms with Crippen molar-refractivity contribution in [1.82, 2.24) is 0 Å². The van der Waals surface area contributed by atoms with Crippen molar-refractivity contribution in [3.63, 3.8) is 0 Å². The zero-order valence-electron chi connectivity index (χ0n) is 8.33. The predicted molar refractivity (Wildman–Crippen MR) is 71.5 cm³/mol. The lowest BCUT2D eigenvalue weighted by atomic mass is 10.1. The van der Waals surface area contributed by atoms with Crippen LogP contribution in [0.3, 0.4) is 0 Å². The standard InChI is InChI=1S/C11H11FS3/c1-8(11-14-6-13-7-15-11)9-2-4-10(12)5-3-9/h2-5H,6-7H2,1H3. The van der Waals surface area contributed by atoms with Crippen LogP contribution in [0.4, 0.5) is 4.39 Å². The van der Waals surface area contributed by atoms with E-state index in [1.54, 1.807) is 0 Å². The average molecular weight is 258 g/mol. The molecule has 0 bridgehead atoms. The molecule has 1 fully saturated rings. The van der Waals surface area contributed by atoms with Crippen molar-refractivity contribution in [1.29, 1.82) is 0 Å². The maximum Gasteiger partial charge on any atom is 0.123 e. The third-order valence-corrected chi connectivity index (χ3v) is 6.25. The minimum absolute atomic E-state index is 0.170. The number of rotatable bonds is 1. The van der Waals surface area contributed by atoms with Gasteiger partial charge in [-0.2, -0.15) is 0 Å². The van der Waals surface area contributed by atoms with Gasteiger partial charge in [0, 0.05) is 14.4 Å². The first kappa shape index (κ1) is 11.4. The normalized spacial score (nSPS) is 16.5. The molecule has 0 aliphatic carbocycles. The van der Waals surface area contributed by atoms with E-state index in [9.17, 15) is 4.39 Å². The maximum absolute atomic E-state index is 12.8. The summed E-state index contributed by atoms with van der Waals surface area (Å²) in [7, 11) is 0. The van der Waals surface area contributed by atoms with Gasteiger partial charge in [0.1, 0.15) is 5.82 Å². The summed E-state index contributed by atoms with van der Waals surface area (Å²) in [5.41, 5.74) is 2.39. The fourth-order valence-electron chi connectivity index (χ4n) is 1.30. The minimum atomic E-state index is -0.170. The van der Waals surface area contributed by atoms with Crippen molar-refractivity contribution in [2.24, 2.45) is 0 Å². The van der Waals surface area contributed by atoms with Gasteiger partial charge in [0.15, 0.2) is 0 Å². The van der Waals surface area contributed by atoms with Crippen LogP contribution in [0.1, 0.15) is 12.5 Å². The summed E-state index contributed by atoms with van der Waals surface area (Å²) in [4.78, 5) is 0. The van der Waals surface area contributed by atoms with Crippen molar-refractivity contribution in [3.05, 3.63) is 39.9 Å². The van der Waals surface area contributed by atoms with Crippen molar-refractivity contribution in [3.8, 4) is 0 Å². The van der Waals surface area contributed by atoms with Gasteiger partial charge in [0.25, 0.3) is 0 Å². The van der Waals surface area contributed by atoms with E-state index in [1.165, 1.54) is 21.9 Å². The highest BCUT2D eigenvalue weighted by atomic mass is 32.3. The number of benzene rings is 1. The smallest absolute Gasteiger partial charge is 0.123 e. The first-order chi connectivity index (χ1) is 7.27. The molecule has 0 radical (unpaired) electrons. The molecule has 0 amide bonds. The second kappa shape index (κ2) is 5.32. The SMILES string of the molecule is CC(=C1SCSCS1)c1ccc(F)cc1. The summed E-state index contributed by atoms with van der Waals surface area (Å²) in [6, 6.07) is 6.74. The van der Waals surface area contributed by atoms with E-state index in [2.05, 4.69) is 6.92 Å². The van der Waals surface area contributed by atoms with Gasteiger partial charge in [0.05, 0.1) is 0 Å². The number of hydrogen-bond acceptors (Lipinski definition) is 3. The highest BCUT2D eigenvalue weighted by molar-refractivity contribution is 8.36. The molecule has 1 aliphatic rings. The summed E-state index contributed by atoms with van der Waals surface area (Å²) in [5.74, 6) is -0.170. The molecule has 1 saturated heterocycles. The molecule has 2 rings (SSSR count). The van der Waals surface area contributed by atoms with Crippen molar-refractivity contribution in [2.75, 3.05) is 10.2 Å². The molecule has 0 saturated carbocycles.